The van der Waals surface area contributed by atoms with E-state index in [1.54, 1.807) is 14.0 Å². The molecule has 86 valence electrons. The van der Waals surface area contributed by atoms with E-state index in [0.717, 1.165) is 5.56 Å². The maximum Gasteiger partial charge on any atom is 0.169 e. The summed E-state index contributed by atoms with van der Waals surface area (Å²) in [6.07, 6.45) is 0.335. The van der Waals surface area contributed by atoms with E-state index in [9.17, 15) is 4.79 Å². The minimum Gasteiger partial charge on any atom is -0.370 e. The molecule has 0 heterocycles. The van der Waals surface area contributed by atoms with Crippen LogP contribution in [0.25, 0.3) is 0 Å². The highest BCUT2D eigenvalue weighted by Gasteiger charge is 2.52. The van der Waals surface area contributed by atoms with Gasteiger partial charge in [0.2, 0.25) is 0 Å². The zero-order chi connectivity index (χ0) is 11.6. The van der Waals surface area contributed by atoms with Crippen LogP contribution < -0.4 is 0 Å². The summed E-state index contributed by atoms with van der Waals surface area (Å²) in [6, 6.07) is 9.92. The van der Waals surface area contributed by atoms with E-state index in [4.69, 9.17) is 9.47 Å². The van der Waals surface area contributed by atoms with Gasteiger partial charge in [-0.1, -0.05) is 30.3 Å². The van der Waals surface area contributed by atoms with Gasteiger partial charge in [0.25, 0.3) is 0 Å². The topological polar surface area (TPSA) is 35.5 Å². The van der Waals surface area contributed by atoms with Crippen LogP contribution >= 0.6 is 0 Å². The Morgan fingerprint density at radius 2 is 2.06 bits per heavy atom. The maximum atomic E-state index is 11.4. The molecule has 16 heavy (non-hydrogen) atoms. The molecule has 1 aliphatic rings. The Balaban J connectivity index is 1.91. The number of carbonyl (C=O) groups excluding carboxylic acids is 1. The number of ketones is 1. The van der Waals surface area contributed by atoms with Crippen molar-refractivity contribution in [3.63, 3.8) is 0 Å². The predicted octanol–water partition coefficient (Wildman–Crippen LogP) is 1.95. The lowest BCUT2D eigenvalue weighted by molar-refractivity contribution is -0.191. The number of carbonyl (C=O) groups is 1. The second kappa shape index (κ2) is 4.36. The van der Waals surface area contributed by atoms with Gasteiger partial charge in [-0.3, -0.25) is 4.79 Å². The van der Waals surface area contributed by atoms with Crippen LogP contribution in [0.3, 0.4) is 0 Å². The van der Waals surface area contributed by atoms with E-state index in [1.165, 1.54) is 0 Å². The molecule has 1 aromatic carbocycles. The van der Waals surface area contributed by atoms with E-state index in [1.807, 2.05) is 30.3 Å². The molecule has 2 atom stereocenters. The van der Waals surface area contributed by atoms with Gasteiger partial charge in [0.15, 0.2) is 5.78 Å². The van der Waals surface area contributed by atoms with Crippen LogP contribution in [0.1, 0.15) is 18.9 Å². The molecule has 0 aliphatic heterocycles. The molecule has 0 unspecified atom stereocenters. The predicted molar refractivity (Wildman–Crippen MR) is 60.1 cm³/mol. The van der Waals surface area contributed by atoms with Gasteiger partial charge in [-0.25, -0.2) is 0 Å². The molecule has 0 N–H and O–H groups in total. The average molecular weight is 220 g/mol. The SMILES string of the molecule is CO[C@]1(C)C(=O)C[C@H]1OCc1ccccc1. The molecule has 0 saturated heterocycles. The molecule has 0 spiro atoms. The fourth-order valence-electron chi connectivity index (χ4n) is 1.85. The van der Waals surface area contributed by atoms with Crippen molar-refractivity contribution in [3.8, 4) is 0 Å². The fourth-order valence-corrected chi connectivity index (χ4v) is 1.85. The summed E-state index contributed by atoms with van der Waals surface area (Å²) in [6.45, 7) is 2.31. The van der Waals surface area contributed by atoms with Crippen molar-refractivity contribution in [2.75, 3.05) is 7.11 Å². The third-order valence-electron chi connectivity index (χ3n) is 3.26. The van der Waals surface area contributed by atoms with Gasteiger partial charge < -0.3 is 9.47 Å². The van der Waals surface area contributed by atoms with E-state index in [-0.39, 0.29) is 11.9 Å². The largest absolute Gasteiger partial charge is 0.370 e. The summed E-state index contributed by atoms with van der Waals surface area (Å²) in [4.78, 5) is 11.4. The van der Waals surface area contributed by atoms with Crippen LogP contribution in [-0.2, 0) is 20.9 Å². The van der Waals surface area contributed by atoms with Gasteiger partial charge in [-0.05, 0) is 12.5 Å². The van der Waals surface area contributed by atoms with Gasteiger partial charge in [-0.2, -0.15) is 0 Å². The number of hydrogen-bond donors (Lipinski definition) is 0. The molecule has 0 aromatic heterocycles. The van der Waals surface area contributed by atoms with Gasteiger partial charge in [-0.15, -0.1) is 0 Å². The number of rotatable bonds is 4. The normalized spacial score (nSPS) is 28.9. The molecule has 0 amide bonds. The summed E-state index contributed by atoms with van der Waals surface area (Å²) in [5, 5.41) is 0. The number of ether oxygens (including phenoxy) is 2. The summed E-state index contributed by atoms with van der Waals surface area (Å²) in [5.41, 5.74) is 0.370. The Hall–Kier alpha value is -1.19. The van der Waals surface area contributed by atoms with E-state index in [2.05, 4.69) is 0 Å². The number of benzene rings is 1. The van der Waals surface area contributed by atoms with E-state index >= 15 is 0 Å². The molecule has 1 fully saturated rings. The lowest BCUT2D eigenvalue weighted by Crippen LogP contribution is -2.60. The Bertz CT molecular complexity index is 374. The first-order valence-electron chi connectivity index (χ1n) is 5.41. The quantitative estimate of drug-likeness (QED) is 0.778. The van der Waals surface area contributed by atoms with Crippen molar-refractivity contribution in [2.24, 2.45) is 0 Å². The minimum absolute atomic E-state index is 0.119. The Morgan fingerprint density at radius 1 is 1.38 bits per heavy atom. The summed E-state index contributed by atoms with van der Waals surface area (Å²) in [7, 11) is 1.55. The molecule has 3 nitrogen and oxygen atoms in total. The molecule has 3 heteroatoms. The smallest absolute Gasteiger partial charge is 0.169 e. The number of Topliss-reactive ketones (excluding diaryl/α,β-unsaturated/α-hetero) is 1. The van der Waals surface area contributed by atoms with Crippen molar-refractivity contribution < 1.29 is 14.3 Å². The minimum atomic E-state index is -0.741. The summed E-state index contributed by atoms with van der Waals surface area (Å²) < 4.78 is 10.9. The monoisotopic (exact) mass is 220 g/mol. The van der Waals surface area contributed by atoms with Crippen molar-refractivity contribution in [2.45, 2.75) is 31.7 Å². The molecule has 0 radical (unpaired) electrons. The standard InChI is InChI=1S/C13H16O3/c1-13(15-2)11(14)8-12(13)16-9-10-6-4-3-5-7-10/h3-7,12H,8-9H2,1-2H3/t12-,13-/m1/s1. The first-order valence-corrected chi connectivity index (χ1v) is 5.41. The Labute approximate surface area is 95.4 Å². The van der Waals surface area contributed by atoms with Gasteiger partial charge in [0.05, 0.1) is 6.61 Å². The zero-order valence-electron chi connectivity index (χ0n) is 9.60. The van der Waals surface area contributed by atoms with Crippen LogP contribution in [0.15, 0.2) is 30.3 Å². The first-order chi connectivity index (χ1) is 7.66. The average Bonchev–Trinajstić information content (AvgIpc) is 2.34. The fraction of sp³-hybridized carbons (Fsp3) is 0.462. The third-order valence-corrected chi connectivity index (χ3v) is 3.26. The van der Waals surface area contributed by atoms with E-state index in [0.29, 0.717) is 13.0 Å². The van der Waals surface area contributed by atoms with Crippen molar-refractivity contribution in [1.82, 2.24) is 0 Å². The van der Waals surface area contributed by atoms with E-state index < -0.39 is 5.60 Å². The second-order valence-corrected chi connectivity index (χ2v) is 4.22. The van der Waals surface area contributed by atoms with Gasteiger partial charge in [0, 0.05) is 13.5 Å². The molecule has 0 bridgehead atoms. The van der Waals surface area contributed by atoms with Gasteiger partial charge in [0.1, 0.15) is 11.7 Å². The zero-order valence-corrected chi connectivity index (χ0v) is 9.60. The lowest BCUT2D eigenvalue weighted by atomic mass is 9.76. The highest BCUT2D eigenvalue weighted by Crippen LogP contribution is 2.34. The van der Waals surface area contributed by atoms with Crippen molar-refractivity contribution in [1.29, 1.82) is 0 Å². The van der Waals surface area contributed by atoms with Crippen molar-refractivity contribution in [3.05, 3.63) is 35.9 Å². The van der Waals surface area contributed by atoms with Crippen LogP contribution in [0, 0.1) is 0 Å². The number of methoxy groups -OCH3 is 1. The maximum absolute atomic E-state index is 11.4. The van der Waals surface area contributed by atoms with Crippen LogP contribution in [-0.4, -0.2) is 24.6 Å². The molecule has 1 aliphatic carbocycles. The van der Waals surface area contributed by atoms with Crippen molar-refractivity contribution >= 4 is 5.78 Å². The highest BCUT2D eigenvalue weighted by molar-refractivity contribution is 5.94. The molecule has 1 saturated carbocycles. The number of hydrogen-bond acceptors (Lipinski definition) is 3. The van der Waals surface area contributed by atoms with Gasteiger partial charge >= 0.3 is 0 Å². The summed E-state index contributed by atoms with van der Waals surface area (Å²) >= 11 is 0. The third kappa shape index (κ3) is 1.88. The molecular formula is C13H16O3. The van der Waals surface area contributed by atoms with Crippen LogP contribution in [0.2, 0.25) is 0 Å². The Morgan fingerprint density at radius 3 is 2.62 bits per heavy atom. The van der Waals surface area contributed by atoms with Crippen LogP contribution in [0.5, 0.6) is 0 Å². The Kier molecular flexibility index (Phi) is 3.08. The molecule has 1 aromatic rings. The second-order valence-electron chi connectivity index (χ2n) is 4.22. The first kappa shape index (κ1) is 11.3. The van der Waals surface area contributed by atoms with Crippen LogP contribution in [0.4, 0.5) is 0 Å². The molecule has 2 rings (SSSR count). The molecular weight excluding hydrogens is 204 g/mol. The lowest BCUT2D eigenvalue weighted by Gasteiger charge is -2.43. The summed E-state index contributed by atoms with van der Waals surface area (Å²) in [5.74, 6) is 0.119. The highest BCUT2D eigenvalue weighted by atomic mass is 16.6.